The molecular formula is C18H29NO. The molecule has 112 valence electrons. The van der Waals surface area contributed by atoms with Crippen molar-refractivity contribution in [3.8, 4) is 5.75 Å². The van der Waals surface area contributed by atoms with Gasteiger partial charge in [0.15, 0.2) is 0 Å². The molecule has 1 N–H and O–H groups in total. The van der Waals surface area contributed by atoms with Gasteiger partial charge in [0.05, 0.1) is 0 Å². The van der Waals surface area contributed by atoms with E-state index in [9.17, 15) is 0 Å². The minimum atomic E-state index is 0.401. The molecule has 1 aromatic carbocycles. The fourth-order valence-corrected chi connectivity index (χ4v) is 3.34. The molecule has 20 heavy (non-hydrogen) atoms. The van der Waals surface area contributed by atoms with Crippen molar-refractivity contribution in [2.75, 3.05) is 13.2 Å². The number of ether oxygens (including phenoxy) is 1. The summed E-state index contributed by atoms with van der Waals surface area (Å²) in [7, 11) is 0. The van der Waals surface area contributed by atoms with Crippen LogP contribution in [0.15, 0.2) is 30.3 Å². The van der Waals surface area contributed by atoms with Crippen molar-refractivity contribution in [2.24, 2.45) is 11.3 Å². The molecule has 0 saturated heterocycles. The highest BCUT2D eigenvalue weighted by Crippen LogP contribution is 2.37. The van der Waals surface area contributed by atoms with Crippen LogP contribution in [0.1, 0.15) is 46.5 Å². The summed E-state index contributed by atoms with van der Waals surface area (Å²) in [5.74, 6) is 1.75. The van der Waals surface area contributed by atoms with Gasteiger partial charge in [0.25, 0.3) is 0 Å². The first-order valence-corrected chi connectivity index (χ1v) is 7.98. The summed E-state index contributed by atoms with van der Waals surface area (Å²) in [6.07, 6.45) is 5.43. The van der Waals surface area contributed by atoms with Crippen LogP contribution in [0, 0.1) is 11.3 Å². The molecule has 2 rings (SSSR count). The molecule has 1 aliphatic carbocycles. The van der Waals surface area contributed by atoms with E-state index in [0.717, 1.165) is 24.8 Å². The number of benzene rings is 1. The van der Waals surface area contributed by atoms with E-state index in [1.807, 2.05) is 30.3 Å². The van der Waals surface area contributed by atoms with Crippen molar-refractivity contribution < 1.29 is 4.74 Å². The lowest BCUT2D eigenvalue weighted by Gasteiger charge is -2.41. The smallest absolute Gasteiger partial charge is 0.119 e. The molecule has 0 aliphatic heterocycles. The predicted molar refractivity (Wildman–Crippen MR) is 85.1 cm³/mol. The molecule has 0 aromatic heterocycles. The third-order valence-corrected chi connectivity index (χ3v) is 4.40. The molecule has 2 nitrogen and oxygen atoms in total. The van der Waals surface area contributed by atoms with Crippen LogP contribution in [0.2, 0.25) is 0 Å². The lowest BCUT2D eigenvalue weighted by atomic mass is 9.69. The molecule has 1 saturated carbocycles. The van der Waals surface area contributed by atoms with E-state index in [-0.39, 0.29) is 0 Å². The van der Waals surface area contributed by atoms with E-state index in [4.69, 9.17) is 4.74 Å². The Balaban J connectivity index is 1.74. The predicted octanol–water partition coefficient (Wildman–Crippen LogP) is 4.26. The average Bonchev–Trinajstić information content (AvgIpc) is 2.44. The Morgan fingerprint density at radius 3 is 2.50 bits per heavy atom. The maximum absolute atomic E-state index is 5.76. The van der Waals surface area contributed by atoms with Crippen LogP contribution < -0.4 is 10.1 Å². The SMILES string of the molecule is CC(C)(C)C1CCCCC1NCCOc1ccccc1. The zero-order valence-electron chi connectivity index (χ0n) is 13.2. The standard InChI is InChI=1S/C18H29NO/c1-18(2,3)16-11-7-8-12-17(16)19-13-14-20-15-9-5-4-6-10-15/h4-6,9-10,16-17,19H,7-8,11-14H2,1-3H3. The monoisotopic (exact) mass is 275 g/mol. The van der Waals surface area contributed by atoms with Crippen molar-refractivity contribution in [3.63, 3.8) is 0 Å². The van der Waals surface area contributed by atoms with Crippen LogP contribution >= 0.6 is 0 Å². The van der Waals surface area contributed by atoms with Crippen molar-refractivity contribution in [1.29, 1.82) is 0 Å². The van der Waals surface area contributed by atoms with Crippen LogP contribution in [0.3, 0.4) is 0 Å². The van der Waals surface area contributed by atoms with E-state index in [0.29, 0.717) is 11.5 Å². The lowest BCUT2D eigenvalue weighted by Crippen LogP contribution is -2.45. The molecule has 0 spiro atoms. The van der Waals surface area contributed by atoms with Crippen LogP contribution in [0.4, 0.5) is 0 Å². The zero-order valence-corrected chi connectivity index (χ0v) is 13.2. The topological polar surface area (TPSA) is 21.3 Å². The molecule has 0 heterocycles. The fourth-order valence-electron chi connectivity index (χ4n) is 3.34. The molecule has 2 unspecified atom stereocenters. The summed E-state index contributed by atoms with van der Waals surface area (Å²) in [6, 6.07) is 10.7. The maximum Gasteiger partial charge on any atom is 0.119 e. The molecule has 0 bridgehead atoms. The Morgan fingerprint density at radius 2 is 1.80 bits per heavy atom. The van der Waals surface area contributed by atoms with Crippen LogP contribution in [0.25, 0.3) is 0 Å². The molecule has 1 aliphatic rings. The third kappa shape index (κ3) is 4.52. The van der Waals surface area contributed by atoms with Crippen LogP contribution in [-0.4, -0.2) is 19.2 Å². The summed E-state index contributed by atoms with van der Waals surface area (Å²) in [5, 5.41) is 3.72. The molecular weight excluding hydrogens is 246 g/mol. The summed E-state index contributed by atoms with van der Waals surface area (Å²) < 4.78 is 5.76. The van der Waals surface area contributed by atoms with Gasteiger partial charge in [-0.3, -0.25) is 0 Å². The molecule has 0 radical (unpaired) electrons. The molecule has 1 aromatic rings. The van der Waals surface area contributed by atoms with Crippen LogP contribution in [-0.2, 0) is 0 Å². The highest BCUT2D eigenvalue weighted by atomic mass is 16.5. The van der Waals surface area contributed by atoms with Crippen molar-refractivity contribution >= 4 is 0 Å². The first-order valence-electron chi connectivity index (χ1n) is 7.98. The van der Waals surface area contributed by atoms with E-state index < -0.39 is 0 Å². The molecule has 2 heteroatoms. The summed E-state index contributed by atoms with van der Waals surface area (Å²) >= 11 is 0. The van der Waals surface area contributed by atoms with E-state index in [1.54, 1.807) is 0 Å². The van der Waals surface area contributed by atoms with Gasteiger partial charge in [-0.2, -0.15) is 0 Å². The molecule has 0 amide bonds. The van der Waals surface area contributed by atoms with E-state index in [2.05, 4.69) is 26.1 Å². The van der Waals surface area contributed by atoms with Gasteiger partial charge in [-0.25, -0.2) is 0 Å². The van der Waals surface area contributed by atoms with Gasteiger partial charge in [0.2, 0.25) is 0 Å². The van der Waals surface area contributed by atoms with Crippen molar-refractivity contribution in [3.05, 3.63) is 30.3 Å². The maximum atomic E-state index is 5.76. The number of hydrogen-bond acceptors (Lipinski definition) is 2. The van der Waals surface area contributed by atoms with E-state index >= 15 is 0 Å². The Labute approximate surface area is 123 Å². The number of rotatable bonds is 5. The second kappa shape index (κ2) is 7.12. The lowest BCUT2D eigenvalue weighted by molar-refractivity contribution is 0.127. The molecule has 1 fully saturated rings. The minimum Gasteiger partial charge on any atom is -0.492 e. The largest absolute Gasteiger partial charge is 0.492 e. The number of para-hydroxylation sites is 1. The van der Waals surface area contributed by atoms with Gasteiger partial charge < -0.3 is 10.1 Å². The number of nitrogens with one attached hydrogen (secondary N) is 1. The fraction of sp³-hybridized carbons (Fsp3) is 0.667. The average molecular weight is 275 g/mol. The summed E-state index contributed by atoms with van der Waals surface area (Å²) in [4.78, 5) is 0. The molecule has 2 atom stereocenters. The minimum absolute atomic E-state index is 0.401. The van der Waals surface area contributed by atoms with Gasteiger partial charge in [-0.15, -0.1) is 0 Å². The first kappa shape index (κ1) is 15.4. The first-order chi connectivity index (χ1) is 9.57. The Hall–Kier alpha value is -1.02. The van der Waals surface area contributed by atoms with E-state index in [1.165, 1.54) is 25.7 Å². The summed E-state index contributed by atoms with van der Waals surface area (Å²) in [5.41, 5.74) is 0.401. The van der Waals surface area contributed by atoms with Gasteiger partial charge in [-0.05, 0) is 36.3 Å². The highest BCUT2D eigenvalue weighted by molar-refractivity contribution is 5.20. The van der Waals surface area contributed by atoms with Gasteiger partial charge in [0.1, 0.15) is 12.4 Å². The van der Waals surface area contributed by atoms with Gasteiger partial charge in [-0.1, -0.05) is 51.8 Å². The second-order valence-electron chi connectivity index (χ2n) is 6.98. The third-order valence-electron chi connectivity index (χ3n) is 4.40. The van der Waals surface area contributed by atoms with Crippen LogP contribution in [0.5, 0.6) is 5.75 Å². The van der Waals surface area contributed by atoms with Gasteiger partial charge in [0, 0.05) is 12.6 Å². The normalized spacial score (nSPS) is 23.6. The van der Waals surface area contributed by atoms with Crippen molar-refractivity contribution in [2.45, 2.75) is 52.5 Å². The quantitative estimate of drug-likeness (QED) is 0.811. The van der Waals surface area contributed by atoms with Gasteiger partial charge >= 0.3 is 0 Å². The Kier molecular flexibility index (Phi) is 5.47. The Morgan fingerprint density at radius 1 is 1.10 bits per heavy atom. The second-order valence-corrected chi connectivity index (χ2v) is 6.98. The Bertz CT molecular complexity index is 382. The van der Waals surface area contributed by atoms with Crippen molar-refractivity contribution in [1.82, 2.24) is 5.32 Å². The number of hydrogen-bond donors (Lipinski definition) is 1. The summed E-state index contributed by atoms with van der Waals surface area (Å²) in [6.45, 7) is 8.80. The highest BCUT2D eigenvalue weighted by Gasteiger charge is 2.33. The zero-order chi connectivity index (χ0) is 14.4.